The topological polar surface area (TPSA) is 25.8 Å². The molecular formula is C8H5FN2. The first-order valence-corrected chi connectivity index (χ1v) is 3.23. The average molecular weight is 148 g/mol. The minimum Gasteiger partial charge on any atom is -0.255 e. The zero-order chi connectivity index (χ0) is 7.68. The fraction of sp³-hybridized carbons (Fsp3) is 0. The molecule has 0 amide bonds. The Morgan fingerprint density at radius 2 is 2.00 bits per heavy atom. The summed E-state index contributed by atoms with van der Waals surface area (Å²) in [6.07, 6.45) is 1.65. The molecular weight excluding hydrogens is 143 g/mol. The number of aromatic nitrogens is 2. The van der Waals surface area contributed by atoms with E-state index in [1.54, 1.807) is 24.4 Å². The summed E-state index contributed by atoms with van der Waals surface area (Å²) in [5.74, 6) is -0.467. The zero-order valence-corrected chi connectivity index (χ0v) is 5.66. The monoisotopic (exact) mass is 148 g/mol. The molecule has 0 unspecified atom stereocenters. The minimum atomic E-state index is -0.467. The predicted molar refractivity (Wildman–Crippen MR) is 39.5 cm³/mol. The van der Waals surface area contributed by atoms with E-state index in [2.05, 4.69) is 9.97 Å². The maximum Gasteiger partial charge on any atom is 0.213 e. The van der Waals surface area contributed by atoms with Gasteiger partial charge in [-0.1, -0.05) is 0 Å². The number of pyridine rings is 2. The van der Waals surface area contributed by atoms with Gasteiger partial charge in [-0.15, -0.1) is 0 Å². The van der Waals surface area contributed by atoms with Crippen molar-refractivity contribution in [2.75, 3.05) is 0 Å². The fourth-order valence-corrected chi connectivity index (χ4v) is 0.932. The summed E-state index contributed by atoms with van der Waals surface area (Å²) in [5.41, 5.74) is 1.31. The summed E-state index contributed by atoms with van der Waals surface area (Å²) in [6, 6.07) is 6.37. The van der Waals surface area contributed by atoms with E-state index in [-0.39, 0.29) is 0 Å². The van der Waals surface area contributed by atoms with Crippen molar-refractivity contribution in [2.24, 2.45) is 0 Å². The predicted octanol–water partition coefficient (Wildman–Crippen LogP) is 1.77. The molecule has 11 heavy (non-hydrogen) atoms. The highest BCUT2D eigenvalue weighted by Crippen LogP contribution is 2.07. The summed E-state index contributed by atoms with van der Waals surface area (Å²) in [7, 11) is 0. The van der Waals surface area contributed by atoms with E-state index in [0.29, 0.717) is 11.0 Å². The molecule has 54 valence electrons. The van der Waals surface area contributed by atoms with Crippen LogP contribution in [0.3, 0.4) is 0 Å². The molecule has 2 heterocycles. The molecule has 0 bridgehead atoms. The minimum absolute atomic E-state index is 0.467. The Bertz CT molecular complexity index is 387. The van der Waals surface area contributed by atoms with Gasteiger partial charge in [0.25, 0.3) is 0 Å². The molecule has 0 aliphatic carbocycles. The van der Waals surface area contributed by atoms with E-state index in [1.165, 1.54) is 6.07 Å². The Morgan fingerprint density at radius 3 is 2.91 bits per heavy atom. The third-order valence-corrected chi connectivity index (χ3v) is 1.42. The molecule has 2 nitrogen and oxygen atoms in total. The van der Waals surface area contributed by atoms with Gasteiger partial charge < -0.3 is 0 Å². The lowest BCUT2D eigenvalue weighted by Crippen LogP contribution is -1.84. The van der Waals surface area contributed by atoms with Crippen molar-refractivity contribution in [2.45, 2.75) is 0 Å². The van der Waals surface area contributed by atoms with E-state index < -0.39 is 5.95 Å². The van der Waals surface area contributed by atoms with Gasteiger partial charge in [0, 0.05) is 6.20 Å². The van der Waals surface area contributed by atoms with Gasteiger partial charge in [0.15, 0.2) is 0 Å². The smallest absolute Gasteiger partial charge is 0.213 e. The van der Waals surface area contributed by atoms with Gasteiger partial charge >= 0.3 is 0 Å². The van der Waals surface area contributed by atoms with Crippen LogP contribution in [0, 0.1) is 5.95 Å². The quantitative estimate of drug-likeness (QED) is 0.532. The molecule has 2 aromatic heterocycles. The normalized spacial score (nSPS) is 10.3. The Hall–Kier alpha value is -1.51. The molecule has 0 spiro atoms. The molecule has 0 fully saturated rings. The second kappa shape index (κ2) is 2.27. The molecule has 0 saturated carbocycles. The van der Waals surface area contributed by atoms with Crippen molar-refractivity contribution in [3.63, 3.8) is 0 Å². The van der Waals surface area contributed by atoms with Crippen LogP contribution in [0.15, 0.2) is 30.5 Å². The molecule has 0 aliphatic rings. The van der Waals surface area contributed by atoms with Gasteiger partial charge in [0.05, 0.1) is 11.0 Å². The summed E-state index contributed by atoms with van der Waals surface area (Å²) in [5, 5.41) is 0. The summed E-state index contributed by atoms with van der Waals surface area (Å²) < 4.78 is 12.5. The molecule has 3 heteroatoms. The van der Waals surface area contributed by atoms with Crippen LogP contribution >= 0.6 is 0 Å². The Morgan fingerprint density at radius 1 is 1.09 bits per heavy atom. The van der Waals surface area contributed by atoms with Crippen LogP contribution in [0.4, 0.5) is 4.39 Å². The number of hydrogen-bond donors (Lipinski definition) is 0. The third kappa shape index (κ3) is 1.05. The van der Waals surface area contributed by atoms with E-state index in [1.807, 2.05) is 0 Å². The van der Waals surface area contributed by atoms with Crippen molar-refractivity contribution < 1.29 is 4.39 Å². The molecule has 0 aliphatic heterocycles. The lowest BCUT2D eigenvalue weighted by atomic mass is 10.3. The lowest BCUT2D eigenvalue weighted by molar-refractivity contribution is 0.589. The lowest BCUT2D eigenvalue weighted by Gasteiger charge is -1.92. The van der Waals surface area contributed by atoms with E-state index in [4.69, 9.17) is 0 Å². The maximum atomic E-state index is 12.5. The van der Waals surface area contributed by atoms with E-state index >= 15 is 0 Å². The molecule has 2 rings (SSSR count). The molecule has 0 saturated heterocycles. The average Bonchev–Trinajstić information content (AvgIpc) is 2.04. The van der Waals surface area contributed by atoms with E-state index in [0.717, 1.165) is 0 Å². The number of halogens is 1. The molecule has 0 radical (unpaired) electrons. The van der Waals surface area contributed by atoms with Gasteiger partial charge in [-0.2, -0.15) is 4.39 Å². The second-order valence-electron chi connectivity index (χ2n) is 2.18. The number of fused-ring (bicyclic) bond motifs is 1. The van der Waals surface area contributed by atoms with Crippen molar-refractivity contribution >= 4 is 11.0 Å². The highest BCUT2D eigenvalue weighted by Gasteiger charge is 1.94. The highest BCUT2D eigenvalue weighted by atomic mass is 19.1. The van der Waals surface area contributed by atoms with E-state index in [9.17, 15) is 4.39 Å². The van der Waals surface area contributed by atoms with Gasteiger partial charge in [0.2, 0.25) is 5.95 Å². The van der Waals surface area contributed by atoms with Crippen LogP contribution in [0.1, 0.15) is 0 Å². The van der Waals surface area contributed by atoms with Gasteiger partial charge in [-0.25, -0.2) is 4.98 Å². The van der Waals surface area contributed by atoms with Crippen LogP contribution in [-0.4, -0.2) is 9.97 Å². The second-order valence-corrected chi connectivity index (χ2v) is 2.18. The zero-order valence-electron chi connectivity index (χ0n) is 5.66. The van der Waals surface area contributed by atoms with Crippen LogP contribution in [0.5, 0.6) is 0 Å². The Balaban J connectivity index is 2.83. The number of rotatable bonds is 0. The molecule has 0 aromatic carbocycles. The van der Waals surface area contributed by atoms with Gasteiger partial charge in [-0.05, 0) is 24.3 Å². The molecule has 2 aromatic rings. The number of nitrogens with zero attached hydrogens (tertiary/aromatic N) is 2. The summed E-state index contributed by atoms with van der Waals surface area (Å²) >= 11 is 0. The largest absolute Gasteiger partial charge is 0.255 e. The summed E-state index contributed by atoms with van der Waals surface area (Å²) in [6.45, 7) is 0. The molecule has 0 N–H and O–H groups in total. The summed E-state index contributed by atoms with van der Waals surface area (Å²) in [4.78, 5) is 7.64. The molecule has 0 atom stereocenters. The first-order valence-electron chi connectivity index (χ1n) is 3.23. The van der Waals surface area contributed by atoms with Crippen LogP contribution in [0.2, 0.25) is 0 Å². The highest BCUT2D eigenvalue weighted by molar-refractivity contribution is 5.72. The van der Waals surface area contributed by atoms with Crippen molar-refractivity contribution in [1.29, 1.82) is 0 Å². The van der Waals surface area contributed by atoms with Gasteiger partial charge in [-0.3, -0.25) is 4.98 Å². The standard InChI is InChI=1S/C8H5FN2/c9-8-4-3-6-7(11-8)2-1-5-10-6/h1-5H. The fourth-order valence-electron chi connectivity index (χ4n) is 0.932. The van der Waals surface area contributed by atoms with Crippen molar-refractivity contribution in [3.8, 4) is 0 Å². The van der Waals surface area contributed by atoms with Crippen LogP contribution < -0.4 is 0 Å². The third-order valence-electron chi connectivity index (χ3n) is 1.42. The first-order chi connectivity index (χ1) is 5.36. The maximum absolute atomic E-state index is 12.5. The van der Waals surface area contributed by atoms with Crippen LogP contribution in [0.25, 0.3) is 11.0 Å². The van der Waals surface area contributed by atoms with Gasteiger partial charge in [0.1, 0.15) is 0 Å². The number of hydrogen-bond acceptors (Lipinski definition) is 2. The Kier molecular flexibility index (Phi) is 1.28. The SMILES string of the molecule is Fc1ccc2ncccc2n1. The first kappa shape index (κ1) is 6.22. The van der Waals surface area contributed by atoms with Crippen molar-refractivity contribution in [3.05, 3.63) is 36.4 Å². The van der Waals surface area contributed by atoms with Crippen molar-refractivity contribution in [1.82, 2.24) is 9.97 Å². The Labute approximate surface area is 62.7 Å². The van der Waals surface area contributed by atoms with Crippen LogP contribution in [-0.2, 0) is 0 Å².